The Labute approximate surface area is 94.1 Å². The van der Waals surface area contributed by atoms with Gasteiger partial charge in [0.05, 0.1) is 16.3 Å². The number of pyridine rings is 1. The van der Waals surface area contributed by atoms with Gasteiger partial charge in [0.1, 0.15) is 0 Å². The molecule has 16 heavy (non-hydrogen) atoms. The minimum atomic E-state index is 0.0409. The number of para-hydroxylation sites is 1. The zero-order chi connectivity index (χ0) is 11.0. The second-order valence-electron chi connectivity index (χ2n) is 3.62. The van der Waals surface area contributed by atoms with Crippen LogP contribution in [0.25, 0.3) is 21.8 Å². The Morgan fingerprint density at radius 3 is 2.62 bits per heavy atom. The molecule has 1 heterocycles. The number of fused-ring (bicyclic) bond motifs is 2. The molecule has 0 spiro atoms. The standard InChI is InChI=1S/C13H8NOP/c15-16-13-7-3-6-12-10(13)8-9-4-1-2-5-11(9)14-12/h1-8H. The van der Waals surface area contributed by atoms with Crippen molar-refractivity contribution in [3.63, 3.8) is 0 Å². The molecular weight excluding hydrogens is 217 g/mol. The topological polar surface area (TPSA) is 30.0 Å². The van der Waals surface area contributed by atoms with Crippen LogP contribution in [0.15, 0.2) is 48.5 Å². The first-order valence-corrected chi connectivity index (χ1v) is 5.81. The minimum Gasteiger partial charge on any atom is -0.269 e. The van der Waals surface area contributed by atoms with Crippen LogP contribution < -0.4 is 5.30 Å². The van der Waals surface area contributed by atoms with Gasteiger partial charge in [-0.1, -0.05) is 24.3 Å². The molecule has 0 aliphatic carbocycles. The Morgan fingerprint density at radius 1 is 0.938 bits per heavy atom. The quantitative estimate of drug-likeness (QED) is 0.469. The fraction of sp³-hybridized carbons (Fsp3) is 0. The zero-order valence-electron chi connectivity index (χ0n) is 8.42. The molecule has 0 unspecified atom stereocenters. The number of hydrogen-bond donors (Lipinski definition) is 0. The Morgan fingerprint density at radius 2 is 1.75 bits per heavy atom. The van der Waals surface area contributed by atoms with Gasteiger partial charge < -0.3 is 0 Å². The number of hydrogen-bond acceptors (Lipinski definition) is 2. The molecular formula is C13H8NOP. The third-order valence-electron chi connectivity index (χ3n) is 2.64. The third kappa shape index (κ3) is 1.39. The Kier molecular flexibility index (Phi) is 2.16. The molecule has 0 atom stereocenters. The van der Waals surface area contributed by atoms with Crippen LogP contribution in [-0.4, -0.2) is 4.98 Å². The van der Waals surface area contributed by atoms with E-state index in [1.165, 1.54) is 0 Å². The van der Waals surface area contributed by atoms with Crippen LogP contribution in [0, 0.1) is 0 Å². The molecule has 0 aliphatic heterocycles. The first-order chi connectivity index (χ1) is 7.88. The Bertz CT molecular complexity index is 694. The molecule has 0 radical (unpaired) electrons. The highest BCUT2D eigenvalue weighted by molar-refractivity contribution is 7.34. The molecule has 0 saturated carbocycles. The van der Waals surface area contributed by atoms with Crippen molar-refractivity contribution in [2.45, 2.75) is 0 Å². The highest BCUT2D eigenvalue weighted by Gasteiger charge is 2.03. The molecule has 0 fully saturated rings. The van der Waals surface area contributed by atoms with E-state index in [1.54, 1.807) is 0 Å². The van der Waals surface area contributed by atoms with E-state index < -0.39 is 0 Å². The second kappa shape index (κ2) is 3.66. The van der Waals surface area contributed by atoms with E-state index in [2.05, 4.69) is 4.98 Å². The predicted molar refractivity (Wildman–Crippen MR) is 66.5 cm³/mol. The lowest BCUT2D eigenvalue weighted by atomic mass is 10.1. The van der Waals surface area contributed by atoms with Crippen molar-refractivity contribution >= 4 is 35.6 Å². The van der Waals surface area contributed by atoms with Crippen LogP contribution in [0.1, 0.15) is 0 Å². The molecule has 0 aliphatic rings. The lowest BCUT2D eigenvalue weighted by Gasteiger charge is -2.02. The maximum Gasteiger partial charge on any atom is 0.193 e. The minimum absolute atomic E-state index is 0.0409. The van der Waals surface area contributed by atoms with Gasteiger partial charge in [-0.15, -0.1) is 0 Å². The normalized spacial score (nSPS) is 11.2. The molecule has 76 valence electrons. The van der Waals surface area contributed by atoms with Crippen molar-refractivity contribution in [2.24, 2.45) is 0 Å². The van der Waals surface area contributed by atoms with E-state index in [0.29, 0.717) is 0 Å². The Hall–Kier alpha value is -1.79. The lowest BCUT2D eigenvalue weighted by Crippen LogP contribution is -1.95. The van der Waals surface area contributed by atoms with E-state index in [0.717, 1.165) is 27.1 Å². The summed E-state index contributed by atoms with van der Waals surface area (Å²) in [6.07, 6.45) is 0. The van der Waals surface area contributed by atoms with Crippen molar-refractivity contribution in [1.82, 2.24) is 4.98 Å². The summed E-state index contributed by atoms with van der Waals surface area (Å²) < 4.78 is 11.0. The highest BCUT2D eigenvalue weighted by atomic mass is 31.1. The van der Waals surface area contributed by atoms with Crippen molar-refractivity contribution in [3.8, 4) is 0 Å². The van der Waals surface area contributed by atoms with E-state index >= 15 is 0 Å². The SMILES string of the molecule is O=Pc1cccc2nc3ccccc3cc12. The fourth-order valence-electron chi connectivity index (χ4n) is 1.86. The molecule has 3 aromatic rings. The average Bonchev–Trinajstić information content (AvgIpc) is 2.35. The van der Waals surface area contributed by atoms with Gasteiger partial charge in [0.2, 0.25) is 0 Å². The summed E-state index contributed by atoms with van der Waals surface area (Å²) in [5, 5.41) is 2.82. The number of benzene rings is 2. The summed E-state index contributed by atoms with van der Waals surface area (Å²) in [4.78, 5) is 4.54. The van der Waals surface area contributed by atoms with Gasteiger partial charge >= 0.3 is 0 Å². The largest absolute Gasteiger partial charge is 0.269 e. The van der Waals surface area contributed by atoms with Crippen LogP contribution in [0.4, 0.5) is 0 Å². The molecule has 3 rings (SSSR count). The summed E-state index contributed by atoms with van der Waals surface area (Å²) in [7, 11) is 0.0409. The summed E-state index contributed by atoms with van der Waals surface area (Å²) in [6, 6.07) is 15.7. The smallest absolute Gasteiger partial charge is 0.193 e. The van der Waals surface area contributed by atoms with E-state index in [1.807, 2.05) is 48.5 Å². The summed E-state index contributed by atoms with van der Waals surface area (Å²) >= 11 is 0. The zero-order valence-corrected chi connectivity index (χ0v) is 9.32. The van der Waals surface area contributed by atoms with Crippen molar-refractivity contribution < 1.29 is 4.57 Å². The van der Waals surface area contributed by atoms with Crippen LogP contribution >= 0.6 is 8.46 Å². The molecule has 0 saturated heterocycles. The molecule has 2 aromatic carbocycles. The maximum atomic E-state index is 11.0. The average molecular weight is 225 g/mol. The van der Waals surface area contributed by atoms with Crippen molar-refractivity contribution in [1.29, 1.82) is 0 Å². The summed E-state index contributed by atoms with van der Waals surface area (Å²) in [6.45, 7) is 0. The number of nitrogens with zero attached hydrogens (tertiary/aromatic N) is 1. The molecule has 3 heteroatoms. The summed E-state index contributed by atoms with van der Waals surface area (Å²) in [5.41, 5.74) is 1.86. The van der Waals surface area contributed by atoms with Crippen molar-refractivity contribution in [2.75, 3.05) is 0 Å². The summed E-state index contributed by atoms with van der Waals surface area (Å²) in [5.74, 6) is 0. The molecule has 0 N–H and O–H groups in total. The molecule has 2 nitrogen and oxygen atoms in total. The van der Waals surface area contributed by atoms with Gasteiger partial charge in [-0.2, -0.15) is 0 Å². The third-order valence-corrected chi connectivity index (χ3v) is 3.22. The second-order valence-corrected chi connectivity index (χ2v) is 4.28. The predicted octanol–water partition coefficient (Wildman–Crippen LogP) is 3.31. The number of aromatic nitrogens is 1. The highest BCUT2D eigenvalue weighted by Crippen LogP contribution is 2.19. The van der Waals surface area contributed by atoms with E-state index in [4.69, 9.17) is 0 Å². The van der Waals surface area contributed by atoms with Crippen LogP contribution in [-0.2, 0) is 4.57 Å². The van der Waals surface area contributed by atoms with Gasteiger partial charge in [0, 0.05) is 10.8 Å². The Balaban J connectivity index is 2.51. The fourth-order valence-corrected chi connectivity index (χ4v) is 2.29. The first kappa shape index (κ1) is 9.44. The van der Waals surface area contributed by atoms with Gasteiger partial charge in [-0.3, -0.25) is 4.57 Å². The van der Waals surface area contributed by atoms with Gasteiger partial charge in [0.25, 0.3) is 0 Å². The monoisotopic (exact) mass is 225 g/mol. The maximum absolute atomic E-state index is 11.0. The molecule has 1 aromatic heterocycles. The van der Waals surface area contributed by atoms with Crippen LogP contribution in [0.3, 0.4) is 0 Å². The van der Waals surface area contributed by atoms with E-state index in [9.17, 15) is 4.57 Å². The number of rotatable bonds is 1. The van der Waals surface area contributed by atoms with Crippen molar-refractivity contribution in [3.05, 3.63) is 48.5 Å². The van der Waals surface area contributed by atoms with Gasteiger partial charge in [-0.05, 0) is 24.3 Å². The molecule has 0 amide bonds. The van der Waals surface area contributed by atoms with Gasteiger partial charge in [0.15, 0.2) is 8.46 Å². The van der Waals surface area contributed by atoms with Gasteiger partial charge in [-0.25, -0.2) is 4.98 Å². The lowest BCUT2D eigenvalue weighted by molar-refractivity contribution is 0.603. The molecule has 0 bridgehead atoms. The van der Waals surface area contributed by atoms with Crippen LogP contribution in [0.5, 0.6) is 0 Å². The first-order valence-electron chi connectivity index (χ1n) is 5.00. The van der Waals surface area contributed by atoms with Crippen LogP contribution in [0.2, 0.25) is 0 Å². The van der Waals surface area contributed by atoms with E-state index in [-0.39, 0.29) is 8.46 Å².